The number of carbonyl (C=O) groups is 1. The summed E-state index contributed by atoms with van der Waals surface area (Å²) in [5.74, 6) is 2.01. The van der Waals surface area contributed by atoms with Gasteiger partial charge in [-0.15, -0.1) is 0 Å². The van der Waals surface area contributed by atoms with Crippen molar-refractivity contribution >= 4 is 5.97 Å². The average molecular weight is 374 g/mol. The summed E-state index contributed by atoms with van der Waals surface area (Å²) in [5, 5.41) is 0. The Balaban J connectivity index is 2.01. The predicted molar refractivity (Wildman–Crippen MR) is 97.3 cm³/mol. The summed E-state index contributed by atoms with van der Waals surface area (Å²) in [4.78, 5) is 11.9. The van der Waals surface area contributed by atoms with Gasteiger partial charge in [0.05, 0.1) is 34.0 Å². The number of hydrogen-bond acceptors (Lipinski definition) is 7. The summed E-state index contributed by atoms with van der Waals surface area (Å²) in [6.07, 6.45) is -0.705. The Kier molecular flexibility index (Phi) is 5.30. The highest BCUT2D eigenvalue weighted by Gasteiger charge is 2.33. The first-order valence-corrected chi connectivity index (χ1v) is 8.38. The van der Waals surface area contributed by atoms with Crippen molar-refractivity contribution in [2.24, 2.45) is 0 Å². The Morgan fingerprint density at radius 2 is 1.59 bits per heavy atom. The SMILES string of the molecule is COC(=O)c1cc(OC)c2c(c1)O[C@@H](c1ccc(OC)c(OC)c1)[C@H](C)O2. The molecular weight excluding hydrogens is 352 g/mol. The van der Waals surface area contributed by atoms with Crippen molar-refractivity contribution in [1.82, 2.24) is 0 Å². The van der Waals surface area contributed by atoms with Gasteiger partial charge in [0.2, 0.25) is 5.75 Å². The normalized spacial score (nSPS) is 17.8. The second-order valence-corrected chi connectivity index (χ2v) is 5.97. The molecule has 2 aromatic carbocycles. The van der Waals surface area contributed by atoms with Gasteiger partial charge in [-0.25, -0.2) is 4.79 Å². The van der Waals surface area contributed by atoms with E-state index in [4.69, 9.17) is 28.4 Å². The van der Waals surface area contributed by atoms with E-state index in [9.17, 15) is 4.79 Å². The van der Waals surface area contributed by atoms with Gasteiger partial charge in [0.25, 0.3) is 0 Å². The molecule has 0 bridgehead atoms. The highest BCUT2D eigenvalue weighted by Crippen LogP contribution is 2.46. The summed E-state index contributed by atoms with van der Waals surface area (Å²) in [5.41, 5.74) is 1.17. The lowest BCUT2D eigenvalue weighted by Crippen LogP contribution is -2.31. The zero-order valence-electron chi connectivity index (χ0n) is 15.9. The van der Waals surface area contributed by atoms with Crippen molar-refractivity contribution in [3.63, 3.8) is 0 Å². The molecule has 1 aliphatic rings. The van der Waals surface area contributed by atoms with Crippen molar-refractivity contribution in [3.05, 3.63) is 41.5 Å². The predicted octanol–water partition coefficient (Wildman–Crippen LogP) is 3.40. The molecule has 0 N–H and O–H groups in total. The van der Waals surface area contributed by atoms with E-state index in [2.05, 4.69) is 0 Å². The highest BCUT2D eigenvalue weighted by molar-refractivity contribution is 5.91. The molecule has 1 heterocycles. The molecule has 0 aromatic heterocycles. The van der Waals surface area contributed by atoms with Crippen LogP contribution in [-0.4, -0.2) is 40.5 Å². The minimum Gasteiger partial charge on any atom is -0.493 e. The van der Waals surface area contributed by atoms with Crippen molar-refractivity contribution in [2.75, 3.05) is 28.4 Å². The minimum atomic E-state index is -0.485. The van der Waals surface area contributed by atoms with E-state index in [1.54, 1.807) is 26.4 Å². The highest BCUT2D eigenvalue weighted by atomic mass is 16.6. The molecule has 2 atom stereocenters. The van der Waals surface area contributed by atoms with Gasteiger partial charge in [0, 0.05) is 5.56 Å². The largest absolute Gasteiger partial charge is 0.493 e. The van der Waals surface area contributed by atoms with Crippen molar-refractivity contribution in [3.8, 4) is 28.7 Å². The summed E-state index contributed by atoms with van der Waals surface area (Å²) < 4.78 is 33.0. The second-order valence-electron chi connectivity index (χ2n) is 5.97. The zero-order valence-corrected chi connectivity index (χ0v) is 15.9. The molecule has 0 radical (unpaired) electrons. The number of methoxy groups -OCH3 is 4. The molecule has 0 saturated carbocycles. The van der Waals surface area contributed by atoms with Crippen LogP contribution in [0.5, 0.6) is 28.7 Å². The van der Waals surface area contributed by atoms with Gasteiger partial charge >= 0.3 is 5.97 Å². The molecule has 1 aliphatic heterocycles. The number of benzene rings is 2. The lowest BCUT2D eigenvalue weighted by atomic mass is 10.0. The first-order chi connectivity index (χ1) is 13.0. The molecule has 0 spiro atoms. The summed E-state index contributed by atoms with van der Waals surface area (Å²) >= 11 is 0. The van der Waals surface area contributed by atoms with Gasteiger partial charge in [0.15, 0.2) is 29.1 Å². The van der Waals surface area contributed by atoms with E-state index in [-0.39, 0.29) is 6.10 Å². The molecule has 144 valence electrons. The molecule has 2 aromatic rings. The maximum Gasteiger partial charge on any atom is 0.338 e. The lowest BCUT2D eigenvalue weighted by molar-refractivity contribution is 0.0276. The quantitative estimate of drug-likeness (QED) is 0.743. The first-order valence-electron chi connectivity index (χ1n) is 8.38. The Hall–Kier alpha value is -3.09. The van der Waals surface area contributed by atoms with Gasteiger partial charge < -0.3 is 28.4 Å². The fraction of sp³-hybridized carbons (Fsp3) is 0.350. The maximum atomic E-state index is 11.9. The van der Waals surface area contributed by atoms with Gasteiger partial charge in [0.1, 0.15) is 6.10 Å². The maximum absolute atomic E-state index is 11.9. The molecule has 3 rings (SSSR count). The number of ether oxygens (including phenoxy) is 6. The van der Waals surface area contributed by atoms with Crippen LogP contribution in [0.15, 0.2) is 30.3 Å². The number of rotatable bonds is 5. The lowest BCUT2D eigenvalue weighted by Gasteiger charge is -2.33. The number of fused-ring (bicyclic) bond motifs is 1. The third-order valence-electron chi connectivity index (χ3n) is 4.38. The van der Waals surface area contributed by atoms with E-state index in [1.807, 2.05) is 25.1 Å². The standard InChI is InChI=1S/C20H22O7/c1-11-18(12-6-7-14(22-2)15(8-12)23-3)27-17-10-13(20(21)25-5)9-16(24-4)19(17)26-11/h6-11,18H,1-5H3/t11-,18+/m0/s1. The average Bonchev–Trinajstić information content (AvgIpc) is 2.71. The van der Waals surface area contributed by atoms with Crippen LogP contribution in [0.1, 0.15) is 28.9 Å². The van der Waals surface area contributed by atoms with Crippen molar-refractivity contribution < 1.29 is 33.2 Å². The van der Waals surface area contributed by atoms with Crippen molar-refractivity contribution in [2.45, 2.75) is 19.1 Å². The minimum absolute atomic E-state index is 0.298. The molecule has 0 amide bonds. The molecule has 0 saturated heterocycles. The molecule has 0 aliphatic carbocycles. The van der Waals surface area contributed by atoms with Crippen LogP contribution >= 0.6 is 0 Å². The summed E-state index contributed by atoms with van der Waals surface area (Å²) in [6, 6.07) is 8.69. The number of esters is 1. The van der Waals surface area contributed by atoms with Gasteiger partial charge in [-0.1, -0.05) is 6.07 Å². The van der Waals surface area contributed by atoms with Crippen LogP contribution in [0, 0.1) is 0 Å². The van der Waals surface area contributed by atoms with E-state index in [0.717, 1.165) is 5.56 Å². The second kappa shape index (κ2) is 7.65. The molecular formula is C20H22O7. The van der Waals surface area contributed by atoms with Gasteiger partial charge in [-0.2, -0.15) is 0 Å². The Morgan fingerprint density at radius 3 is 2.22 bits per heavy atom. The topological polar surface area (TPSA) is 72.5 Å². The van der Waals surface area contributed by atoms with E-state index < -0.39 is 12.1 Å². The zero-order chi connectivity index (χ0) is 19.6. The Morgan fingerprint density at radius 1 is 0.889 bits per heavy atom. The van der Waals surface area contributed by atoms with Crippen LogP contribution in [0.4, 0.5) is 0 Å². The van der Waals surface area contributed by atoms with Crippen LogP contribution in [-0.2, 0) is 4.74 Å². The molecule has 0 unspecified atom stereocenters. The number of hydrogen-bond donors (Lipinski definition) is 0. The van der Waals surface area contributed by atoms with E-state index >= 15 is 0 Å². The Labute approximate surface area is 157 Å². The van der Waals surface area contributed by atoms with Gasteiger partial charge in [-0.05, 0) is 31.2 Å². The number of carbonyl (C=O) groups excluding carboxylic acids is 1. The monoisotopic (exact) mass is 374 g/mol. The fourth-order valence-electron chi connectivity index (χ4n) is 3.02. The molecule has 7 nitrogen and oxygen atoms in total. The first kappa shape index (κ1) is 18.7. The van der Waals surface area contributed by atoms with Crippen LogP contribution in [0.2, 0.25) is 0 Å². The van der Waals surface area contributed by atoms with Crippen LogP contribution in [0.25, 0.3) is 0 Å². The van der Waals surface area contributed by atoms with Crippen molar-refractivity contribution in [1.29, 1.82) is 0 Å². The summed E-state index contributed by atoms with van der Waals surface area (Å²) in [7, 11) is 5.98. The molecule has 0 fully saturated rings. The fourth-order valence-corrected chi connectivity index (χ4v) is 3.02. The Bertz CT molecular complexity index is 846. The smallest absolute Gasteiger partial charge is 0.338 e. The molecule has 7 heteroatoms. The van der Waals surface area contributed by atoms with E-state index in [0.29, 0.717) is 34.3 Å². The van der Waals surface area contributed by atoms with Crippen LogP contribution in [0.3, 0.4) is 0 Å². The third-order valence-corrected chi connectivity index (χ3v) is 4.38. The van der Waals surface area contributed by atoms with Gasteiger partial charge in [-0.3, -0.25) is 0 Å². The molecule has 27 heavy (non-hydrogen) atoms. The van der Waals surface area contributed by atoms with E-state index in [1.165, 1.54) is 14.2 Å². The third kappa shape index (κ3) is 3.45. The summed E-state index contributed by atoms with van der Waals surface area (Å²) in [6.45, 7) is 1.90. The van der Waals surface area contributed by atoms with Crippen LogP contribution < -0.4 is 23.7 Å².